The third kappa shape index (κ3) is 4.01. The molecular weight excluding hydrogens is 428 g/mol. The zero-order valence-electron chi connectivity index (χ0n) is 19.6. The fourth-order valence-corrected chi connectivity index (χ4v) is 6.07. The normalized spacial score (nSPS) is 21.3. The van der Waals surface area contributed by atoms with Crippen molar-refractivity contribution in [2.24, 2.45) is 0 Å². The second-order valence-electron chi connectivity index (χ2n) is 9.19. The predicted molar refractivity (Wildman–Crippen MR) is 136 cm³/mol. The smallest absolute Gasteiger partial charge is 0.170 e. The fourth-order valence-electron chi connectivity index (χ4n) is 5.68. The summed E-state index contributed by atoms with van der Waals surface area (Å²) in [5.41, 5.74) is 5.90. The maximum absolute atomic E-state index is 5.95. The van der Waals surface area contributed by atoms with Gasteiger partial charge < -0.3 is 19.5 Å². The highest BCUT2D eigenvalue weighted by atomic mass is 32.1. The van der Waals surface area contributed by atoms with Gasteiger partial charge in [0, 0.05) is 35.4 Å². The van der Waals surface area contributed by atoms with E-state index >= 15 is 0 Å². The number of methoxy groups -OCH3 is 1. The Morgan fingerprint density at radius 3 is 2.58 bits per heavy atom. The number of aryl methyl sites for hydroxylation is 1. The Hall–Kier alpha value is -2.86. The summed E-state index contributed by atoms with van der Waals surface area (Å²) < 4.78 is 7.82. The zero-order chi connectivity index (χ0) is 22.9. The predicted octanol–water partition coefficient (Wildman–Crippen LogP) is 5.80. The van der Waals surface area contributed by atoms with Crippen LogP contribution in [0.15, 0.2) is 54.7 Å². The summed E-state index contributed by atoms with van der Waals surface area (Å²) in [6.45, 7) is 4.40. The van der Waals surface area contributed by atoms with Crippen molar-refractivity contribution < 1.29 is 4.74 Å². The van der Waals surface area contributed by atoms with E-state index in [4.69, 9.17) is 21.9 Å². The summed E-state index contributed by atoms with van der Waals surface area (Å²) in [5.74, 6) is 0.862. The lowest BCUT2D eigenvalue weighted by molar-refractivity contribution is 0.197. The van der Waals surface area contributed by atoms with Crippen LogP contribution in [0.4, 0.5) is 0 Å². The van der Waals surface area contributed by atoms with Crippen LogP contribution in [-0.2, 0) is 0 Å². The quantitative estimate of drug-likeness (QED) is 0.487. The van der Waals surface area contributed by atoms with Crippen molar-refractivity contribution in [2.45, 2.75) is 64.1 Å². The minimum Gasteiger partial charge on any atom is -0.497 e. The van der Waals surface area contributed by atoms with Crippen molar-refractivity contribution in [1.82, 2.24) is 19.8 Å². The van der Waals surface area contributed by atoms with Gasteiger partial charge in [0.25, 0.3) is 0 Å². The standard InChI is InChI=1S/C27H32N4OS/c1-18-16-23(19(2)30(18)21-12-9-13-22(17-21)32-3)26-25(24-14-7-8-15-28-24)29-27(33)31(26)20-10-5-4-6-11-20/h7-9,12-17,20,25-26H,4-6,10-11H2,1-3H3,(H,29,33). The molecule has 1 N–H and O–H groups in total. The molecule has 0 radical (unpaired) electrons. The average molecular weight is 461 g/mol. The maximum atomic E-state index is 5.95. The van der Waals surface area contributed by atoms with Gasteiger partial charge in [-0.1, -0.05) is 31.4 Å². The number of hydrogen-bond acceptors (Lipinski definition) is 3. The SMILES string of the molecule is COc1cccc(-n2c(C)cc(C3C(c4ccccn4)NC(=S)N3C3CCCCC3)c2C)c1. The van der Waals surface area contributed by atoms with Crippen molar-refractivity contribution in [3.8, 4) is 11.4 Å². The van der Waals surface area contributed by atoms with Gasteiger partial charge in [-0.05, 0) is 74.8 Å². The van der Waals surface area contributed by atoms with Gasteiger partial charge in [-0.3, -0.25) is 4.98 Å². The minimum absolute atomic E-state index is 0.0277. The second-order valence-corrected chi connectivity index (χ2v) is 9.58. The van der Waals surface area contributed by atoms with E-state index in [1.807, 2.05) is 24.4 Å². The van der Waals surface area contributed by atoms with Gasteiger partial charge in [-0.2, -0.15) is 0 Å². The van der Waals surface area contributed by atoms with Crippen molar-refractivity contribution in [2.75, 3.05) is 7.11 Å². The van der Waals surface area contributed by atoms with Crippen LogP contribution in [0, 0.1) is 13.8 Å². The van der Waals surface area contributed by atoms with Crippen LogP contribution >= 0.6 is 12.2 Å². The molecule has 172 valence electrons. The molecule has 0 amide bonds. The van der Waals surface area contributed by atoms with Gasteiger partial charge in [0.1, 0.15) is 5.75 Å². The molecule has 1 saturated carbocycles. The Kier molecular flexibility index (Phi) is 6.11. The van der Waals surface area contributed by atoms with E-state index in [-0.39, 0.29) is 12.1 Å². The van der Waals surface area contributed by atoms with Crippen molar-refractivity contribution in [3.63, 3.8) is 0 Å². The number of hydrogen-bond donors (Lipinski definition) is 1. The Balaban J connectivity index is 1.62. The molecule has 2 atom stereocenters. The fraction of sp³-hybridized carbons (Fsp3) is 0.407. The van der Waals surface area contributed by atoms with Crippen molar-refractivity contribution >= 4 is 17.3 Å². The molecule has 2 aliphatic rings. The second kappa shape index (κ2) is 9.18. The molecule has 1 aliphatic carbocycles. The van der Waals surface area contributed by atoms with Crippen LogP contribution in [0.25, 0.3) is 5.69 Å². The first-order valence-electron chi connectivity index (χ1n) is 11.9. The van der Waals surface area contributed by atoms with E-state index in [0.29, 0.717) is 6.04 Å². The van der Waals surface area contributed by atoms with Crippen LogP contribution < -0.4 is 10.1 Å². The summed E-state index contributed by atoms with van der Waals surface area (Å²) in [6.07, 6.45) is 8.13. The Labute approximate surface area is 201 Å². The Morgan fingerprint density at radius 1 is 1.03 bits per heavy atom. The third-order valence-electron chi connectivity index (χ3n) is 7.20. The zero-order valence-corrected chi connectivity index (χ0v) is 20.4. The van der Waals surface area contributed by atoms with E-state index in [9.17, 15) is 0 Å². The lowest BCUT2D eigenvalue weighted by atomic mass is 9.90. The van der Waals surface area contributed by atoms with Gasteiger partial charge in [0.2, 0.25) is 0 Å². The molecule has 0 spiro atoms. The minimum atomic E-state index is 0.0277. The Bertz CT molecular complexity index is 1140. The summed E-state index contributed by atoms with van der Waals surface area (Å²) in [6, 6.07) is 17.4. The van der Waals surface area contributed by atoms with Crippen LogP contribution in [0.2, 0.25) is 0 Å². The molecule has 5 rings (SSSR count). The molecule has 1 saturated heterocycles. The molecule has 0 bridgehead atoms. The van der Waals surface area contributed by atoms with E-state index < -0.39 is 0 Å². The van der Waals surface area contributed by atoms with Gasteiger partial charge >= 0.3 is 0 Å². The molecule has 1 aliphatic heterocycles. The summed E-state index contributed by atoms with van der Waals surface area (Å²) in [4.78, 5) is 7.21. The van der Waals surface area contributed by atoms with Crippen LogP contribution in [0.3, 0.4) is 0 Å². The first-order chi connectivity index (χ1) is 16.1. The number of rotatable bonds is 5. The van der Waals surface area contributed by atoms with Gasteiger partial charge in [0.05, 0.1) is 24.9 Å². The largest absolute Gasteiger partial charge is 0.497 e. The van der Waals surface area contributed by atoms with Gasteiger partial charge in [-0.15, -0.1) is 0 Å². The molecule has 33 heavy (non-hydrogen) atoms. The molecule has 2 fully saturated rings. The maximum Gasteiger partial charge on any atom is 0.170 e. The highest BCUT2D eigenvalue weighted by molar-refractivity contribution is 7.80. The number of nitrogens with zero attached hydrogens (tertiary/aromatic N) is 3. The van der Waals surface area contributed by atoms with E-state index in [0.717, 1.165) is 22.2 Å². The lowest BCUT2D eigenvalue weighted by Gasteiger charge is -2.37. The molecule has 5 nitrogen and oxygen atoms in total. The summed E-state index contributed by atoms with van der Waals surface area (Å²) in [7, 11) is 1.71. The highest BCUT2D eigenvalue weighted by Crippen LogP contribution is 2.44. The number of benzene rings is 1. The molecule has 2 aromatic heterocycles. The molecule has 3 aromatic rings. The first-order valence-corrected chi connectivity index (χ1v) is 12.3. The molecular formula is C27H32N4OS. The Morgan fingerprint density at radius 2 is 1.85 bits per heavy atom. The summed E-state index contributed by atoms with van der Waals surface area (Å²) >= 11 is 5.95. The first kappa shape index (κ1) is 22.0. The van der Waals surface area contributed by atoms with Crippen molar-refractivity contribution in [1.29, 1.82) is 0 Å². The van der Waals surface area contributed by atoms with E-state index in [1.165, 1.54) is 49.1 Å². The van der Waals surface area contributed by atoms with Crippen molar-refractivity contribution in [3.05, 3.63) is 77.4 Å². The highest BCUT2D eigenvalue weighted by Gasteiger charge is 2.44. The number of ether oxygens (including phenoxy) is 1. The lowest BCUT2D eigenvalue weighted by Crippen LogP contribution is -2.40. The molecule has 3 heterocycles. The number of nitrogens with one attached hydrogen (secondary N) is 1. The van der Waals surface area contributed by atoms with Crippen LogP contribution in [-0.4, -0.2) is 32.7 Å². The number of thiocarbonyl (C=S) groups is 1. The molecule has 2 unspecified atom stereocenters. The topological polar surface area (TPSA) is 42.3 Å². The third-order valence-corrected chi connectivity index (χ3v) is 7.53. The van der Waals surface area contributed by atoms with Gasteiger partial charge in [-0.25, -0.2) is 0 Å². The van der Waals surface area contributed by atoms with E-state index in [1.54, 1.807) is 7.11 Å². The molecule has 1 aromatic carbocycles. The number of pyridine rings is 1. The number of aromatic nitrogens is 2. The monoisotopic (exact) mass is 460 g/mol. The van der Waals surface area contributed by atoms with E-state index in [2.05, 4.69) is 59.0 Å². The average Bonchev–Trinajstić information content (AvgIpc) is 3.35. The van der Waals surface area contributed by atoms with Crippen LogP contribution in [0.5, 0.6) is 5.75 Å². The van der Waals surface area contributed by atoms with Crippen LogP contribution in [0.1, 0.15) is 66.8 Å². The molecule has 6 heteroatoms. The summed E-state index contributed by atoms with van der Waals surface area (Å²) in [5, 5.41) is 4.50. The van der Waals surface area contributed by atoms with Gasteiger partial charge in [0.15, 0.2) is 5.11 Å².